The maximum Gasteiger partial charge on any atom is 0.321 e. The van der Waals surface area contributed by atoms with Crippen LogP contribution in [0.4, 0.5) is 4.79 Å². The number of thioether (sulfide) groups is 1. The van der Waals surface area contributed by atoms with Gasteiger partial charge >= 0.3 is 6.03 Å². The number of nitrogens with one attached hydrogen (secondary N) is 2. The third-order valence-electron chi connectivity index (χ3n) is 2.90. The van der Waals surface area contributed by atoms with E-state index in [0.29, 0.717) is 11.7 Å². The summed E-state index contributed by atoms with van der Waals surface area (Å²) in [5, 5.41) is 5.49. The second kappa shape index (κ2) is 7.65. The number of urea groups is 1. The van der Waals surface area contributed by atoms with Crippen LogP contribution in [0.15, 0.2) is 41.8 Å². The zero-order chi connectivity index (χ0) is 15.9. The fourth-order valence-corrected chi connectivity index (χ4v) is 2.68. The molecule has 0 unspecified atom stereocenters. The molecule has 2 aromatic rings. The summed E-state index contributed by atoms with van der Waals surface area (Å²) < 4.78 is 1.93. The van der Waals surface area contributed by atoms with Crippen molar-refractivity contribution in [1.82, 2.24) is 20.2 Å². The normalized spacial score (nSPS) is 10.3. The Kier molecular flexibility index (Phi) is 5.60. The van der Waals surface area contributed by atoms with E-state index in [1.54, 1.807) is 13.1 Å². The van der Waals surface area contributed by atoms with Crippen LogP contribution in [0.1, 0.15) is 12.5 Å². The van der Waals surface area contributed by atoms with Crippen molar-refractivity contribution in [2.75, 3.05) is 12.3 Å². The molecular weight excluding hydrogens is 300 g/mol. The molecule has 0 atom stereocenters. The number of aromatic nitrogens is 2. The van der Waals surface area contributed by atoms with Gasteiger partial charge in [0.25, 0.3) is 0 Å². The fraction of sp³-hybridized carbons (Fsp3) is 0.267. The van der Waals surface area contributed by atoms with Gasteiger partial charge in [-0.05, 0) is 25.5 Å². The largest absolute Gasteiger partial charge is 0.338 e. The third kappa shape index (κ3) is 4.11. The van der Waals surface area contributed by atoms with E-state index < -0.39 is 6.03 Å². The zero-order valence-corrected chi connectivity index (χ0v) is 13.3. The molecule has 0 radical (unpaired) electrons. The second-order valence-corrected chi connectivity index (χ2v) is 5.51. The summed E-state index contributed by atoms with van der Waals surface area (Å²) in [5.74, 6) is -0.227. The SMILES string of the molecule is CCNC(=O)NC(=O)CSc1nccn1-c1ccccc1C. The highest BCUT2D eigenvalue weighted by Crippen LogP contribution is 2.22. The van der Waals surface area contributed by atoms with Gasteiger partial charge in [0.15, 0.2) is 5.16 Å². The Balaban J connectivity index is 2.01. The number of imide groups is 1. The van der Waals surface area contributed by atoms with E-state index >= 15 is 0 Å². The first kappa shape index (κ1) is 16.1. The van der Waals surface area contributed by atoms with Crippen molar-refractivity contribution >= 4 is 23.7 Å². The Morgan fingerprint density at radius 1 is 1.32 bits per heavy atom. The van der Waals surface area contributed by atoms with Gasteiger partial charge in [0.1, 0.15) is 0 Å². The van der Waals surface area contributed by atoms with Crippen molar-refractivity contribution in [1.29, 1.82) is 0 Å². The Hall–Kier alpha value is -2.28. The first-order valence-corrected chi connectivity index (χ1v) is 7.90. The van der Waals surface area contributed by atoms with Crippen LogP contribution < -0.4 is 10.6 Å². The topological polar surface area (TPSA) is 76.0 Å². The van der Waals surface area contributed by atoms with Crippen molar-refractivity contribution in [3.63, 3.8) is 0 Å². The van der Waals surface area contributed by atoms with Crippen LogP contribution in [0.2, 0.25) is 0 Å². The van der Waals surface area contributed by atoms with Crippen LogP contribution in [-0.2, 0) is 4.79 Å². The van der Waals surface area contributed by atoms with Crippen LogP contribution in [0.5, 0.6) is 0 Å². The van der Waals surface area contributed by atoms with Crippen LogP contribution in [-0.4, -0.2) is 33.8 Å². The molecular formula is C15H18N4O2S. The van der Waals surface area contributed by atoms with Gasteiger partial charge in [-0.2, -0.15) is 0 Å². The van der Waals surface area contributed by atoms with E-state index in [9.17, 15) is 9.59 Å². The molecule has 0 aliphatic rings. The molecule has 6 nitrogen and oxygen atoms in total. The number of carbonyl (C=O) groups is 2. The Labute approximate surface area is 133 Å². The molecule has 2 rings (SSSR count). The number of carbonyl (C=O) groups excluding carboxylic acids is 2. The van der Waals surface area contributed by atoms with Crippen molar-refractivity contribution in [2.24, 2.45) is 0 Å². The summed E-state index contributed by atoms with van der Waals surface area (Å²) in [5.41, 5.74) is 2.14. The number of hydrogen-bond acceptors (Lipinski definition) is 4. The monoisotopic (exact) mass is 318 g/mol. The molecule has 0 aliphatic heterocycles. The second-order valence-electron chi connectivity index (χ2n) is 4.56. The molecule has 0 saturated carbocycles. The number of hydrogen-bond donors (Lipinski definition) is 2. The van der Waals surface area contributed by atoms with Crippen molar-refractivity contribution in [3.8, 4) is 5.69 Å². The number of rotatable bonds is 5. The Bertz CT molecular complexity index is 669. The zero-order valence-electron chi connectivity index (χ0n) is 12.5. The summed E-state index contributed by atoms with van der Waals surface area (Å²) in [6.45, 7) is 4.29. The van der Waals surface area contributed by atoms with Gasteiger partial charge in [0, 0.05) is 18.9 Å². The third-order valence-corrected chi connectivity index (χ3v) is 3.87. The molecule has 0 bridgehead atoms. The molecule has 3 amide bonds. The molecule has 7 heteroatoms. The van der Waals surface area contributed by atoms with E-state index in [2.05, 4.69) is 15.6 Å². The Morgan fingerprint density at radius 3 is 2.82 bits per heavy atom. The van der Waals surface area contributed by atoms with Crippen molar-refractivity contribution in [3.05, 3.63) is 42.2 Å². The smallest absolute Gasteiger partial charge is 0.321 e. The molecule has 1 aromatic heterocycles. The lowest BCUT2D eigenvalue weighted by atomic mass is 10.2. The predicted octanol–water partition coefficient (Wildman–Crippen LogP) is 2.12. The highest BCUT2D eigenvalue weighted by molar-refractivity contribution is 7.99. The maximum absolute atomic E-state index is 11.7. The highest BCUT2D eigenvalue weighted by Gasteiger charge is 2.11. The first-order chi connectivity index (χ1) is 10.6. The summed E-state index contributed by atoms with van der Waals surface area (Å²) in [4.78, 5) is 27.2. The van der Waals surface area contributed by atoms with E-state index in [1.807, 2.05) is 42.0 Å². The maximum atomic E-state index is 11.7. The minimum absolute atomic E-state index is 0.125. The van der Waals surface area contributed by atoms with Crippen molar-refractivity contribution in [2.45, 2.75) is 19.0 Å². The molecule has 0 saturated heterocycles. The minimum Gasteiger partial charge on any atom is -0.338 e. The summed E-state index contributed by atoms with van der Waals surface area (Å²) in [6.07, 6.45) is 3.54. The molecule has 22 heavy (non-hydrogen) atoms. The van der Waals surface area contributed by atoms with Crippen LogP contribution in [0.3, 0.4) is 0 Å². The van der Waals surface area contributed by atoms with Gasteiger partial charge < -0.3 is 5.32 Å². The molecule has 0 aliphatic carbocycles. The number of para-hydroxylation sites is 1. The van der Waals surface area contributed by atoms with E-state index in [-0.39, 0.29) is 11.7 Å². The fourth-order valence-electron chi connectivity index (χ4n) is 1.91. The van der Waals surface area contributed by atoms with Crippen LogP contribution >= 0.6 is 11.8 Å². The van der Waals surface area contributed by atoms with Gasteiger partial charge in [-0.25, -0.2) is 9.78 Å². The average molecular weight is 318 g/mol. The molecule has 2 N–H and O–H groups in total. The molecule has 0 spiro atoms. The lowest BCUT2D eigenvalue weighted by Gasteiger charge is -2.10. The molecule has 1 heterocycles. The van der Waals surface area contributed by atoms with E-state index in [1.165, 1.54) is 11.8 Å². The van der Waals surface area contributed by atoms with E-state index in [0.717, 1.165) is 11.3 Å². The summed E-state index contributed by atoms with van der Waals surface area (Å²) in [6, 6.07) is 7.47. The van der Waals surface area contributed by atoms with E-state index in [4.69, 9.17) is 0 Å². The quantitative estimate of drug-likeness (QED) is 0.828. The number of imidazole rings is 1. The van der Waals surface area contributed by atoms with Gasteiger partial charge in [-0.1, -0.05) is 30.0 Å². The Morgan fingerprint density at radius 2 is 2.09 bits per heavy atom. The van der Waals surface area contributed by atoms with Crippen molar-refractivity contribution < 1.29 is 9.59 Å². The summed E-state index contributed by atoms with van der Waals surface area (Å²) in [7, 11) is 0. The van der Waals surface area contributed by atoms with Crippen LogP contribution in [0, 0.1) is 6.92 Å². The number of amides is 3. The van der Waals surface area contributed by atoms with Gasteiger partial charge in [-0.3, -0.25) is 14.7 Å². The number of aryl methyl sites for hydroxylation is 1. The molecule has 1 aromatic carbocycles. The molecule has 0 fully saturated rings. The average Bonchev–Trinajstić information content (AvgIpc) is 2.94. The minimum atomic E-state index is -0.477. The summed E-state index contributed by atoms with van der Waals surface area (Å²) >= 11 is 1.29. The number of benzene rings is 1. The highest BCUT2D eigenvalue weighted by atomic mass is 32.2. The van der Waals surface area contributed by atoms with Gasteiger partial charge in [0.2, 0.25) is 5.91 Å². The van der Waals surface area contributed by atoms with Gasteiger partial charge in [0.05, 0.1) is 11.4 Å². The first-order valence-electron chi connectivity index (χ1n) is 6.91. The van der Waals surface area contributed by atoms with Gasteiger partial charge in [-0.15, -0.1) is 0 Å². The standard InChI is InChI=1S/C15H18N4O2S/c1-3-16-14(21)18-13(20)10-22-15-17-8-9-19(15)12-7-5-4-6-11(12)2/h4-9H,3,10H2,1-2H3,(H2,16,18,20,21). The number of nitrogens with zero attached hydrogens (tertiary/aromatic N) is 2. The predicted molar refractivity (Wildman–Crippen MR) is 86.2 cm³/mol. The molecule has 116 valence electrons. The van der Waals surface area contributed by atoms with Crippen LogP contribution in [0.25, 0.3) is 5.69 Å². The lowest BCUT2D eigenvalue weighted by molar-refractivity contribution is -0.117. The lowest BCUT2D eigenvalue weighted by Crippen LogP contribution is -2.40.